The molecular weight excluding hydrogens is 356 g/mol. The first-order chi connectivity index (χ1) is 13.5. The summed E-state index contributed by atoms with van der Waals surface area (Å²) in [6.07, 6.45) is 1.60. The summed E-state index contributed by atoms with van der Waals surface area (Å²) in [5.74, 6) is 0.487. The van der Waals surface area contributed by atoms with E-state index in [-0.39, 0.29) is 0 Å². The minimum Gasteiger partial charge on any atom is -0.494 e. The molecule has 0 fully saturated rings. The third kappa shape index (κ3) is 2.84. The molecule has 2 aromatic heterocycles. The maximum atomic E-state index is 10.9. The zero-order valence-corrected chi connectivity index (χ0v) is 16.1. The zero-order chi connectivity index (χ0) is 19.8. The topological polar surface area (TPSA) is 82.8 Å². The van der Waals surface area contributed by atoms with E-state index in [0.29, 0.717) is 23.6 Å². The van der Waals surface area contributed by atoms with Crippen molar-refractivity contribution in [2.45, 2.75) is 19.0 Å². The molecule has 1 aliphatic heterocycles. The van der Waals surface area contributed by atoms with Crippen molar-refractivity contribution in [3.8, 4) is 17.0 Å². The second-order valence-electron chi connectivity index (χ2n) is 6.88. The predicted molar refractivity (Wildman–Crippen MR) is 107 cm³/mol. The molecule has 0 spiro atoms. The van der Waals surface area contributed by atoms with Gasteiger partial charge in [-0.05, 0) is 23.8 Å². The number of aliphatic hydroxyl groups is 2. The van der Waals surface area contributed by atoms with Crippen molar-refractivity contribution in [2.75, 3.05) is 19.1 Å². The number of nitrogens with zero attached hydrogens (tertiary/aromatic N) is 3. The van der Waals surface area contributed by atoms with Crippen LogP contribution >= 0.6 is 0 Å². The first-order valence-electron chi connectivity index (χ1n) is 9.11. The predicted octanol–water partition coefficient (Wildman–Crippen LogP) is 2.32. The van der Waals surface area contributed by atoms with E-state index in [2.05, 4.69) is 10.3 Å². The summed E-state index contributed by atoms with van der Waals surface area (Å²) in [4.78, 5) is 5.81. The van der Waals surface area contributed by atoms with Gasteiger partial charge in [-0.15, -0.1) is 0 Å². The second kappa shape index (κ2) is 7.27. The number of fused-ring (bicyclic) bond motifs is 3. The van der Waals surface area contributed by atoms with Crippen molar-refractivity contribution in [2.24, 2.45) is 7.05 Å². The minimum absolute atomic E-state index is 0.474. The van der Waals surface area contributed by atoms with E-state index in [1.54, 1.807) is 24.4 Å². The zero-order valence-electron chi connectivity index (χ0n) is 16.1. The highest BCUT2D eigenvalue weighted by molar-refractivity contribution is 5.85. The number of para-hydroxylation sites is 1. The average Bonchev–Trinajstić information content (AvgIpc) is 3.03. The number of methoxy groups -OCH3 is 1. The lowest BCUT2D eigenvalue weighted by atomic mass is 9.98. The van der Waals surface area contributed by atoms with E-state index in [4.69, 9.17) is 4.74 Å². The summed E-state index contributed by atoms with van der Waals surface area (Å²) >= 11 is 0. The van der Waals surface area contributed by atoms with Crippen LogP contribution in [0, 0.1) is 0 Å². The molecule has 0 saturated carbocycles. The van der Waals surface area contributed by atoms with Gasteiger partial charge in [0.25, 0.3) is 0 Å². The van der Waals surface area contributed by atoms with Crippen LogP contribution in [0.3, 0.4) is 0 Å². The Labute approximate surface area is 163 Å². The molecule has 0 bridgehead atoms. The number of pyridine rings is 1. The summed E-state index contributed by atoms with van der Waals surface area (Å²) < 4.78 is 7.55. The number of hydrogen-bond donors (Lipinski definition) is 3. The van der Waals surface area contributed by atoms with Crippen molar-refractivity contribution in [1.82, 2.24) is 14.9 Å². The average molecular weight is 380 g/mol. The molecule has 0 aliphatic carbocycles. The van der Waals surface area contributed by atoms with Gasteiger partial charge in [0.05, 0.1) is 18.4 Å². The number of nitrogens with one attached hydrogen (secondary N) is 1. The van der Waals surface area contributed by atoms with Gasteiger partial charge in [0, 0.05) is 44.3 Å². The fourth-order valence-electron chi connectivity index (χ4n) is 3.91. The Balaban J connectivity index is 1.77. The fourth-order valence-corrected chi connectivity index (χ4v) is 3.91. The van der Waals surface area contributed by atoms with E-state index in [9.17, 15) is 10.2 Å². The van der Waals surface area contributed by atoms with Crippen LogP contribution in [0.5, 0.6) is 5.75 Å². The lowest BCUT2D eigenvalue weighted by Gasteiger charge is -2.33. The van der Waals surface area contributed by atoms with Crippen LogP contribution in [0.2, 0.25) is 0 Å². The van der Waals surface area contributed by atoms with Gasteiger partial charge in [-0.1, -0.05) is 18.2 Å². The number of ether oxygens (including phenoxy) is 1. The Hall–Kier alpha value is -2.87. The van der Waals surface area contributed by atoms with Crippen LogP contribution < -0.4 is 15.0 Å². The Bertz CT molecular complexity index is 987. The summed E-state index contributed by atoms with van der Waals surface area (Å²) in [5.41, 5.74) is 5.00. The summed E-state index contributed by atoms with van der Waals surface area (Å²) in [7, 11) is 5.28. The van der Waals surface area contributed by atoms with Gasteiger partial charge < -0.3 is 24.4 Å². The molecule has 2 atom stereocenters. The maximum Gasteiger partial charge on any atom is 0.158 e. The molecule has 2 unspecified atom stereocenters. The van der Waals surface area contributed by atoms with Gasteiger partial charge >= 0.3 is 0 Å². The first-order valence-corrected chi connectivity index (χ1v) is 9.11. The maximum absolute atomic E-state index is 10.9. The monoisotopic (exact) mass is 380 g/mol. The van der Waals surface area contributed by atoms with Crippen molar-refractivity contribution in [1.29, 1.82) is 0 Å². The Morgan fingerprint density at radius 1 is 1.18 bits per heavy atom. The summed E-state index contributed by atoms with van der Waals surface area (Å²) in [6.45, 7) is 0.474. The number of anilines is 1. The lowest BCUT2D eigenvalue weighted by Crippen LogP contribution is -2.28. The van der Waals surface area contributed by atoms with Crippen LogP contribution in [0.4, 0.5) is 5.69 Å². The molecule has 3 heterocycles. The van der Waals surface area contributed by atoms with Crippen LogP contribution in [-0.2, 0) is 13.6 Å². The SMILES string of the molecule is COc1c2c(n(C)c1C(O)NCc1ccncc1)-c1ccccc1N(C)C2O. The van der Waals surface area contributed by atoms with Gasteiger partial charge in [0.2, 0.25) is 0 Å². The van der Waals surface area contributed by atoms with E-state index in [1.165, 1.54) is 0 Å². The highest BCUT2D eigenvalue weighted by Crippen LogP contribution is 2.49. The standard InChI is InChI=1S/C21H24N4O3/c1-24-15-7-5-4-6-14(15)17-16(21(24)27)19(28-3)18(25(17)2)20(26)23-12-13-8-10-22-11-9-13/h4-11,20-21,23,26-27H,12H2,1-3H3. The van der Waals surface area contributed by atoms with Crippen molar-refractivity contribution < 1.29 is 14.9 Å². The third-order valence-electron chi connectivity index (χ3n) is 5.31. The Morgan fingerprint density at radius 3 is 2.61 bits per heavy atom. The second-order valence-corrected chi connectivity index (χ2v) is 6.88. The quantitative estimate of drug-likeness (QED) is 0.590. The Morgan fingerprint density at radius 2 is 1.89 bits per heavy atom. The van der Waals surface area contributed by atoms with Crippen LogP contribution in [0.15, 0.2) is 48.8 Å². The minimum atomic E-state index is -0.969. The smallest absolute Gasteiger partial charge is 0.158 e. The number of aromatic nitrogens is 2. The fraction of sp³-hybridized carbons (Fsp3) is 0.286. The molecule has 0 amide bonds. The molecule has 28 heavy (non-hydrogen) atoms. The van der Waals surface area contributed by atoms with Crippen LogP contribution in [-0.4, -0.2) is 33.9 Å². The molecule has 3 N–H and O–H groups in total. The van der Waals surface area contributed by atoms with Gasteiger partial charge in [-0.3, -0.25) is 10.3 Å². The normalized spacial score (nSPS) is 16.5. The molecule has 7 nitrogen and oxygen atoms in total. The molecule has 1 aromatic carbocycles. The molecule has 146 valence electrons. The van der Waals surface area contributed by atoms with Gasteiger partial charge in [0.1, 0.15) is 11.9 Å². The van der Waals surface area contributed by atoms with Crippen molar-refractivity contribution in [3.63, 3.8) is 0 Å². The molecule has 0 radical (unpaired) electrons. The molecule has 1 aliphatic rings. The van der Waals surface area contributed by atoms with E-state index >= 15 is 0 Å². The van der Waals surface area contributed by atoms with Gasteiger partial charge in [0.15, 0.2) is 12.0 Å². The number of aliphatic hydroxyl groups excluding tert-OH is 2. The third-order valence-corrected chi connectivity index (χ3v) is 5.31. The van der Waals surface area contributed by atoms with E-state index < -0.39 is 12.5 Å². The van der Waals surface area contributed by atoms with Gasteiger partial charge in [-0.2, -0.15) is 0 Å². The highest BCUT2D eigenvalue weighted by atomic mass is 16.5. The number of hydrogen-bond acceptors (Lipinski definition) is 6. The molecule has 3 aromatic rings. The number of benzene rings is 1. The first kappa shape index (κ1) is 18.5. The van der Waals surface area contributed by atoms with Crippen molar-refractivity contribution in [3.05, 3.63) is 65.6 Å². The van der Waals surface area contributed by atoms with E-state index in [1.807, 2.05) is 55.1 Å². The lowest BCUT2D eigenvalue weighted by molar-refractivity contribution is 0.125. The largest absolute Gasteiger partial charge is 0.494 e. The molecular formula is C21H24N4O3. The summed E-state index contributed by atoms with van der Waals surface area (Å²) in [6, 6.07) is 11.7. The molecule has 0 saturated heterocycles. The molecule has 4 rings (SSSR count). The number of rotatable bonds is 5. The van der Waals surface area contributed by atoms with Crippen LogP contribution in [0.1, 0.15) is 29.3 Å². The van der Waals surface area contributed by atoms with E-state index in [0.717, 1.165) is 22.5 Å². The van der Waals surface area contributed by atoms with Gasteiger partial charge in [-0.25, -0.2) is 0 Å². The van der Waals surface area contributed by atoms with Crippen LogP contribution in [0.25, 0.3) is 11.3 Å². The Kier molecular flexibility index (Phi) is 4.80. The molecule has 7 heteroatoms. The highest BCUT2D eigenvalue weighted by Gasteiger charge is 2.37. The summed E-state index contributed by atoms with van der Waals surface area (Å²) in [5, 5.41) is 25.0. The van der Waals surface area contributed by atoms with Crippen molar-refractivity contribution >= 4 is 5.69 Å².